The summed E-state index contributed by atoms with van der Waals surface area (Å²) < 4.78 is 5.39. The van der Waals surface area contributed by atoms with Gasteiger partial charge in [0.2, 0.25) is 0 Å². The molecule has 0 heterocycles. The summed E-state index contributed by atoms with van der Waals surface area (Å²) in [7, 11) is 0. The SMILES string of the molecule is C=C(C)C(=O)OCC(CCCCCCCCC)c1ccccc1. The Morgan fingerprint density at radius 3 is 2.26 bits per heavy atom. The molecule has 1 aromatic rings. The van der Waals surface area contributed by atoms with Crippen LogP contribution < -0.4 is 0 Å². The molecule has 128 valence electrons. The lowest BCUT2D eigenvalue weighted by Crippen LogP contribution is -2.13. The van der Waals surface area contributed by atoms with Crippen LogP contribution in [0, 0.1) is 0 Å². The molecule has 0 spiro atoms. The fourth-order valence-electron chi connectivity index (χ4n) is 2.72. The summed E-state index contributed by atoms with van der Waals surface area (Å²) in [6.45, 7) is 8.03. The van der Waals surface area contributed by atoms with Gasteiger partial charge in [0.25, 0.3) is 0 Å². The minimum Gasteiger partial charge on any atom is -0.462 e. The van der Waals surface area contributed by atoms with E-state index in [-0.39, 0.29) is 11.9 Å². The maximum atomic E-state index is 11.6. The van der Waals surface area contributed by atoms with Gasteiger partial charge in [-0.3, -0.25) is 0 Å². The molecule has 2 nitrogen and oxygen atoms in total. The van der Waals surface area contributed by atoms with Crippen LogP contribution in [0.4, 0.5) is 0 Å². The van der Waals surface area contributed by atoms with E-state index in [1.54, 1.807) is 6.92 Å². The van der Waals surface area contributed by atoms with Crippen LogP contribution in [0.1, 0.15) is 76.7 Å². The van der Waals surface area contributed by atoms with E-state index < -0.39 is 0 Å². The Labute approximate surface area is 141 Å². The molecule has 2 heteroatoms. The van der Waals surface area contributed by atoms with Gasteiger partial charge in [0.15, 0.2) is 0 Å². The molecule has 0 saturated carbocycles. The molecule has 0 N–H and O–H groups in total. The van der Waals surface area contributed by atoms with E-state index in [9.17, 15) is 4.79 Å². The summed E-state index contributed by atoms with van der Waals surface area (Å²) in [6, 6.07) is 10.4. The van der Waals surface area contributed by atoms with Crippen LogP contribution >= 0.6 is 0 Å². The third-order valence-corrected chi connectivity index (χ3v) is 4.19. The number of hydrogen-bond donors (Lipinski definition) is 0. The van der Waals surface area contributed by atoms with Gasteiger partial charge >= 0.3 is 5.97 Å². The van der Waals surface area contributed by atoms with Crippen molar-refractivity contribution in [1.82, 2.24) is 0 Å². The second kappa shape index (κ2) is 11.9. The van der Waals surface area contributed by atoms with E-state index >= 15 is 0 Å². The Morgan fingerprint density at radius 1 is 1.04 bits per heavy atom. The number of carbonyl (C=O) groups excluding carboxylic acids is 1. The lowest BCUT2D eigenvalue weighted by Gasteiger charge is -2.17. The summed E-state index contributed by atoms with van der Waals surface area (Å²) in [6.07, 6.45) is 10.2. The molecular weight excluding hydrogens is 284 g/mol. The van der Waals surface area contributed by atoms with E-state index in [1.807, 2.05) is 18.2 Å². The van der Waals surface area contributed by atoms with Gasteiger partial charge in [0.05, 0.1) is 6.61 Å². The lowest BCUT2D eigenvalue weighted by atomic mass is 9.93. The normalized spacial score (nSPS) is 11.9. The fourth-order valence-corrected chi connectivity index (χ4v) is 2.72. The van der Waals surface area contributed by atoms with Gasteiger partial charge in [-0.2, -0.15) is 0 Å². The first-order chi connectivity index (χ1) is 11.1. The Balaban J connectivity index is 2.39. The molecule has 0 saturated heterocycles. The third kappa shape index (κ3) is 8.59. The van der Waals surface area contributed by atoms with Crippen LogP contribution in [0.15, 0.2) is 42.5 Å². The van der Waals surface area contributed by atoms with Gasteiger partial charge < -0.3 is 4.74 Å². The zero-order valence-electron chi connectivity index (χ0n) is 14.9. The van der Waals surface area contributed by atoms with Crippen LogP contribution in [0.25, 0.3) is 0 Å². The number of unbranched alkanes of at least 4 members (excludes halogenated alkanes) is 6. The number of hydrogen-bond acceptors (Lipinski definition) is 2. The average molecular weight is 316 g/mol. The van der Waals surface area contributed by atoms with E-state index in [1.165, 1.54) is 50.5 Å². The zero-order chi connectivity index (χ0) is 16.9. The molecular formula is C21H32O2. The van der Waals surface area contributed by atoms with Crippen molar-refractivity contribution in [2.45, 2.75) is 71.1 Å². The quantitative estimate of drug-likeness (QED) is 0.267. The number of carbonyl (C=O) groups is 1. The van der Waals surface area contributed by atoms with Crippen molar-refractivity contribution in [2.75, 3.05) is 6.61 Å². The molecule has 0 aliphatic carbocycles. The summed E-state index contributed by atoms with van der Waals surface area (Å²) in [5, 5.41) is 0. The smallest absolute Gasteiger partial charge is 0.333 e. The minimum absolute atomic E-state index is 0.287. The highest BCUT2D eigenvalue weighted by molar-refractivity contribution is 5.86. The largest absolute Gasteiger partial charge is 0.462 e. The molecule has 23 heavy (non-hydrogen) atoms. The maximum Gasteiger partial charge on any atom is 0.333 e. The van der Waals surface area contributed by atoms with Gasteiger partial charge in [-0.05, 0) is 18.9 Å². The highest BCUT2D eigenvalue weighted by Gasteiger charge is 2.14. The summed E-state index contributed by atoms with van der Waals surface area (Å²) in [5.74, 6) is 0.000591. The highest BCUT2D eigenvalue weighted by atomic mass is 16.5. The zero-order valence-corrected chi connectivity index (χ0v) is 14.9. The fraction of sp³-hybridized carbons (Fsp3) is 0.571. The third-order valence-electron chi connectivity index (χ3n) is 4.19. The van der Waals surface area contributed by atoms with E-state index in [0.29, 0.717) is 12.2 Å². The first kappa shape index (κ1) is 19.5. The van der Waals surface area contributed by atoms with Crippen LogP contribution in [0.2, 0.25) is 0 Å². The summed E-state index contributed by atoms with van der Waals surface area (Å²) in [5.41, 5.74) is 1.72. The molecule has 0 aliphatic heterocycles. The van der Waals surface area contributed by atoms with Gasteiger partial charge in [-0.15, -0.1) is 0 Å². The number of esters is 1. The molecule has 0 aliphatic rings. The number of rotatable bonds is 12. The van der Waals surface area contributed by atoms with Crippen molar-refractivity contribution in [2.24, 2.45) is 0 Å². The standard InChI is InChI=1S/C21H32O2/c1-4-5-6-7-8-9-11-16-20(17-23-21(22)18(2)3)19-14-12-10-13-15-19/h10,12-15,20H,2,4-9,11,16-17H2,1,3H3. The number of benzene rings is 1. The van der Waals surface area contributed by atoms with Crippen molar-refractivity contribution in [3.05, 3.63) is 48.0 Å². The van der Waals surface area contributed by atoms with Crippen molar-refractivity contribution in [1.29, 1.82) is 0 Å². The van der Waals surface area contributed by atoms with Crippen molar-refractivity contribution >= 4 is 5.97 Å². The Hall–Kier alpha value is -1.57. The van der Waals surface area contributed by atoms with Crippen molar-refractivity contribution in [3.8, 4) is 0 Å². The maximum absolute atomic E-state index is 11.6. The van der Waals surface area contributed by atoms with E-state index in [4.69, 9.17) is 4.74 Å². The van der Waals surface area contributed by atoms with Crippen LogP contribution in [0.5, 0.6) is 0 Å². The first-order valence-electron chi connectivity index (χ1n) is 9.02. The molecule has 1 aromatic carbocycles. The van der Waals surface area contributed by atoms with Crippen LogP contribution in [0.3, 0.4) is 0 Å². The molecule has 1 rings (SSSR count). The topological polar surface area (TPSA) is 26.3 Å². The molecule has 0 aromatic heterocycles. The average Bonchev–Trinajstić information content (AvgIpc) is 2.57. The molecule has 1 atom stereocenters. The van der Waals surface area contributed by atoms with Gasteiger partial charge in [0.1, 0.15) is 0 Å². The van der Waals surface area contributed by atoms with Gasteiger partial charge in [-0.25, -0.2) is 4.79 Å². The predicted octanol–water partition coefficient (Wildman–Crippen LogP) is 6.03. The Kier molecular flexibility index (Phi) is 10.1. The highest BCUT2D eigenvalue weighted by Crippen LogP contribution is 2.23. The van der Waals surface area contributed by atoms with Crippen molar-refractivity contribution in [3.63, 3.8) is 0 Å². The van der Waals surface area contributed by atoms with E-state index in [2.05, 4.69) is 25.6 Å². The Bertz CT molecular complexity index is 450. The summed E-state index contributed by atoms with van der Waals surface area (Å²) >= 11 is 0. The van der Waals surface area contributed by atoms with Crippen molar-refractivity contribution < 1.29 is 9.53 Å². The molecule has 0 radical (unpaired) electrons. The van der Waals surface area contributed by atoms with E-state index in [0.717, 1.165) is 6.42 Å². The van der Waals surface area contributed by atoms with Crippen LogP contribution in [-0.4, -0.2) is 12.6 Å². The molecule has 1 unspecified atom stereocenters. The molecule has 0 fully saturated rings. The van der Waals surface area contributed by atoms with Gasteiger partial charge in [0, 0.05) is 11.5 Å². The minimum atomic E-state index is -0.287. The monoisotopic (exact) mass is 316 g/mol. The van der Waals surface area contributed by atoms with Gasteiger partial charge in [-0.1, -0.05) is 88.8 Å². The molecule has 0 amide bonds. The van der Waals surface area contributed by atoms with Crippen LogP contribution in [-0.2, 0) is 9.53 Å². The lowest BCUT2D eigenvalue weighted by molar-refractivity contribution is -0.139. The number of ether oxygens (including phenoxy) is 1. The molecule has 0 bridgehead atoms. The first-order valence-corrected chi connectivity index (χ1v) is 9.02. The second-order valence-corrected chi connectivity index (χ2v) is 6.40. The Morgan fingerprint density at radius 2 is 1.65 bits per heavy atom. The second-order valence-electron chi connectivity index (χ2n) is 6.40. The summed E-state index contributed by atoms with van der Waals surface area (Å²) in [4.78, 5) is 11.6. The predicted molar refractivity (Wildman–Crippen MR) is 97.6 cm³/mol.